The maximum atomic E-state index is 5.12. The molecule has 0 saturated heterocycles. The molecule has 4 nitrogen and oxygen atoms in total. The van der Waals surface area contributed by atoms with Gasteiger partial charge in [0.2, 0.25) is 0 Å². The van der Waals surface area contributed by atoms with Crippen LogP contribution in [-0.4, -0.2) is 16.8 Å². The highest BCUT2D eigenvalue weighted by Gasteiger charge is 2.14. The maximum Gasteiger partial charge on any atom is 0.0935 e. The monoisotopic (exact) mass is 267 g/mol. The first-order chi connectivity index (χ1) is 9.86. The van der Waals surface area contributed by atoms with E-state index in [1.54, 1.807) is 12.5 Å². The van der Waals surface area contributed by atoms with Gasteiger partial charge in [0.1, 0.15) is 0 Å². The number of hydrogen-bond donors (Lipinski definition) is 1. The molecular weight excluding hydrogens is 250 g/mol. The minimum Gasteiger partial charge on any atom is -0.472 e. The predicted molar refractivity (Wildman–Crippen MR) is 77.8 cm³/mol. The van der Waals surface area contributed by atoms with Gasteiger partial charge in [-0.25, -0.2) is 4.68 Å². The minimum absolute atomic E-state index is 0.178. The van der Waals surface area contributed by atoms with Gasteiger partial charge in [0, 0.05) is 6.20 Å². The zero-order valence-corrected chi connectivity index (χ0v) is 11.4. The number of furan rings is 1. The summed E-state index contributed by atoms with van der Waals surface area (Å²) in [6.07, 6.45) is 6.33. The molecule has 0 spiro atoms. The van der Waals surface area contributed by atoms with Crippen molar-refractivity contribution in [3.05, 3.63) is 72.4 Å². The van der Waals surface area contributed by atoms with Crippen LogP contribution in [0.5, 0.6) is 0 Å². The van der Waals surface area contributed by atoms with Gasteiger partial charge in [-0.05, 0) is 43.3 Å². The Kier molecular flexibility index (Phi) is 3.65. The largest absolute Gasteiger partial charge is 0.472 e. The zero-order valence-electron chi connectivity index (χ0n) is 11.4. The molecular formula is C16H17N3O. The van der Waals surface area contributed by atoms with Gasteiger partial charge in [0.25, 0.3) is 0 Å². The number of likely N-dealkylation sites (N-methyl/N-ethyl adjacent to an activating group) is 1. The van der Waals surface area contributed by atoms with Crippen LogP contribution in [0, 0.1) is 0 Å². The Hall–Kier alpha value is -2.33. The molecule has 20 heavy (non-hydrogen) atoms. The van der Waals surface area contributed by atoms with Crippen LogP contribution in [-0.2, 0) is 6.42 Å². The Morgan fingerprint density at radius 3 is 2.75 bits per heavy atom. The van der Waals surface area contributed by atoms with Gasteiger partial charge < -0.3 is 9.73 Å². The summed E-state index contributed by atoms with van der Waals surface area (Å²) >= 11 is 0. The van der Waals surface area contributed by atoms with Crippen LogP contribution in [0.25, 0.3) is 5.69 Å². The fraction of sp³-hybridized carbons (Fsp3) is 0.188. The molecule has 1 atom stereocenters. The average molecular weight is 267 g/mol. The molecule has 3 aromatic rings. The molecule has 0 fully saturated rings. The molecule has 0 saturated carbocycles. The molecule has 102 valence electrons. The molecule has 3 rings (SSSR count). The standard InChI is InChI=1S/C16H17N3O/c1-17-16(11-13-8-10-20-12-13)15-7-9-19(18-15)14-5-3-2-4-6-14/h2-10,12,16-17H,11H2,1H3. The van der Waals surface area contributed by atoms with E-state index in [1.165, 1.54) is 5.56 Å². The first kappa shape index (κ1) is 12.7. The quantitative estimate of drug-likeness (QED) is 0.773. The summed E-state index contributed by atoms with van der Waals surface area (Å²) in [7, 11) is 1.95. The Labute approximate surface area is 118 Å². The lowest BCUT2D eigenvalue weighted by Crippen LogP contribution is -2.19. The van der Waals surface area contributed by atoms with E-state index in [2.05, 4.69) is 10.4 Å². The summed E-state index contributed by atoms with van der Waals surface area (Å²) in [5.74, 6) is 0. The topological polar surface area (TPSA) is 43.0 Å². The van der Waals surface area contributed by atoms with Crippen molar-refractivity contribution in [2.24, 2.45) is 0 Å². The van der Waals surface area contributed by atoms with E-state index < -0.39 is 0 Å². The van der Waals surface area contributed by atoms with Crippen molar-refractivity contribution in [1.29, 1.82) is 0 Å². The van der Waals surface area contributed by atoms with E-state index in [-0.39, 0.29) is 6.04 Å². The summed E-state index contributed by atoms with van der Waals surface area (Å²) in [4.78, 5) is 0. The fourth-order valence-corrected chi connectivity index (χ4v) is 2.25. The molecule has 1 N–H and O–H groups in total. The van der Waals surface area contributed by atoms with Crippen molar-refractivity contribution in [2.75, 3.05) is 7.05 Å². The van der Waals surface area contributed by atoms with E-state index in [4.69, 9.17) is 4.42 Å². The van der Waals surface area contributed by atoms with Crippen molar-refractivity contribution in [2.45, 2.75) is 12.5 Å². The van der Waals surface area contributed by atoms with Crippen molar-refractivity contribution < 1.29 is 4.42 Å². The van der Waals surface area contributed by atoms with Gasteiger partial charge in [-0.1, -0.05) is 18.2 Å². The number of hydrogen-bond acceptors (Lipinski definition) is 3. The van der Waals surface area contributed by atoms with Gasteiger partial charge in [-0.15, -0.1) is 0 Å². The van der Waals surface area contributed by atoms with Gasteiger partial charge >= 0.3 is 0 Å². The molecule has 2 heterocycles. The molecule has 0 aliphatic rings. The lowest BCUT2D eigenvalue weighted by molar-refractivity contribution is 0.544. The normalized spacial score (nSPS) is 12.4. The van der Waals surface area contributed by atoms with Crippen LogP contribution < -0.4 is 5.32 Å². The number of benzene rings is 1. The third kappa shape index (κ3) is 2.65. The van der Waals surface area contributed by atoms with Gasteiger partial charge in [-0.3, -0.25) is 0 Å². The summed E-state index contributed by atoms with van der Waals surface area (Å²) in [5, 5.41) is 7.96. The lowest BCUT2D eigenvalue weighted by atomic mass is 10.1. The zero-order chi connectivity index (χ0) is 13.8. The number of nitrogens with zero attached hydrogens (tertiary/aromatic N) is 2. The van der Waals surface area contributed by atoms with E-state index >= 15 is 0 Å². The Balaban J connectivity index is 1.81. The molecule has 4 heteroatoms. The second kappa shape index (κ2) is 5.75. The minimum atomic E-state index is 0.178. The molecule has 2 aromatic heterocycles. The summed E-state index contributed by atoms with van der Waals surface area (Å²) in [6, 6.07) is 14.3. The first-order valence-corrected chi connectivity index (χ1v) is 6.66. The lowest BCUT2D eigenvalue weighted by Gasteiger charge is -2.12. The summed E-state index contributed by atoms with van der Waals surface area (Å²) < 4.78 is 7.01. The fourth-order valence-electron chi connectivity index (χ4n) is 2.25. The third-order valence-corrected chi connectivity index (χ3v) is 3.36. The van der Waals surface area contributed by atoms with Crippen LogP contribution >= 0.6 is 0 Å². The second-order valence-electron chi connectivity index (χ2n) is 4.70. The van der Waals surface area contributed by atoms with E-state index in [9.17, 15) is 0 Å². The summed E-state index contributed by atoms with van der Waals surface area (Å²) in [6.45, 7) is 0. The number of aromatic nitrogens is 2. The number of para-hydroxylation sites is 1. The molecule has 0 aliphatic heterocycles. The van der Waals surface area contributed by atoms with Crippen molar-refractivity contribution >= 4 is 0 Å². The molecule has 1 aromatic carbocycles. The maximum absolute atomic E-state index is 5.12. The molecule has 0 radical (unpaired) electrons. The average Bonchev–Trinajstić information content (AvgIpc) is 3.17. The van der Waals surface area contributed by atoms with Crippen LogP contribution in [0.4, 0.5) is 0 Å². The van der Waals surface area contributed by atoms with Gasteiger partial charge in [-0.2, -0.15) is 5.10 Å². The Morgan fingerprint density at radius 2 is 2.05 bits per heavy atom. The van der Waals surface area contributed by atoms with E-state index in [0.717, 1.165) is 17.8 Å². The Morgan fingerprint density at radius 1 is 1.20 bits per heavy atom. The SMILES string of the molecule is CNC(Cc1ccoc1)c1ccn(-c2ccccc2)n1. The van der Waals surface area contributed by atoms with Crippen molar-refractivity contribution in [3.63, 3.8) is 0 Å². The van der Waals surface area contributed by atoms with Gasteiger partial charge in [0.05, 0.1) is 29.9 Å². The van der Waals surface area contributed by atoms with Gasteiger partial charge in [0.15, 0.2) is 0 Å². The molecule has 0 aliphatic carbocycles. The molecule has 0 amide bonds. The highest BCUT2D eigenvalue weighted by molar-refractivity contribution is 5.30. The molecule has 1 unspecified atom stereocenters. The van der Waals surface area contributed by atoms with E-state index in [1.807, 2.05) is 60.4 Å². The molecule has 0 bridgehead atoms. The number of nitrogens with one attached hydrogen (secondary N) is 1. The highest BCUT2D eigenvalue weighted by atomic mass is 16.3. The van der Waals surface area contributed by atoms with E-state index in [0.29, 0.717) is 0 Å². The van der Waals surface area contributed by atoms with Crippen molar-refractivity contribution in [1.82, 2.24) is 15.1 Å². The predicted octanol–water partition coefficient (Wildman–Crippen LogP) is 2.97. The van der Waals surface area contributed by atoms with Crippen LogP contribution in [0.15, 0.2) is 65.6 Å². The van der Waals surface area contributed by atoms with Crippen LogP contribution in [0.1, 0.15) is 17.3 Å². The Bertz CT molecular complexity index is 643. The van der Waals surface area contributed by atoms with Crippen molar-refractivity contribution in [3.8, 4) is 5.69 Å². The first-order valence-electron chi connectivity index (χ1n) is 6.66. The smallest absolute Gasteiger partial charge is 0.0935 e. The van der Waals surface area contributed by atoms with Crippen LogP contribution in [0.3, 0.4) is 0 Å². The highest BCUT2D eigenvalue weighted by Crippen LogP contribution is 2.18. The third-order valence-electron chi connectivity index (χ3n) is 3.36. The number of rotatable bonds is 5. The summed E-state index contributed by atoms with van der Waals surface area (Å²) in [5.41, 5.74) is 3.26. The second-order valence-corrected chi connectivity index (χ2v) is 4.70. The van der Waals surface area contributed by atoms with Crippen LogP contribution in [0.2, 0.25) is 0 Å².